The minimum atomic E-state index is -0.394. The van der Waals surface area contributed by atoms with Crippen LogP contribution < -0.4 is 0 Å². The first-order valence-corrected chi connectivity index (χ1v) is 7.81. The second kappa shape index (κ2) is 5.41. The lowest BCUT2D eigenvalue weighted by atomic mass is 9.70. The largest absolute Gasteiger partial charge is 0.294 e. The van der Waals surface area contributed by atoms with Crippen LogP contribution in [0.15, 0.2) is 40.5 Å². The number of hydrogen-bond donors (Lipinski definition) is 0. The molecule has 1 atom stereocenters. The molecule has 0 amide bonds. The molecule has 3 rings (SSSR count). The van der Waals surface area contributed by atoms with Crippen LogP contribution in [-0.2, 0) is 4.79 Å². The summed E-state index contributed by atoms with van der Waals surface area (Å²) in [6.07, 6.45) is 1.93. The maximum absolute atomic E-state index is 12.7. The molecule has 1 heterocycles. The molecule has 0 bridgehead atoms. The molecule has 5 nitrogen and oxygen atoms in total. The Morgan fingerprint density at radius 2 is 2.04 bits per heavy atom. The Morgan fingerprint density at radius 3 is 2.74 bits per heavy atom. The summed E-state index contributed by atoms with van der Waals surface area (Å²) in [6.45, 7) is 6.12. The van der Waals surface area contributed by atoms with E-state index in [1.807, 2.05) is 13.0 Å². The summed E-state index contributed by atoms with van der Waals surface area (Å²) in [6, 6.07) is 6.62. The lowest BCUT2D eigenvalue weighted by molar-refractivity contribution is -0.384. The summed E-state index contributed by atoms with van der Waals surface area (Å²) in [4.78, 5) is 28.0. The van der Waals surface area contributed by atoms with Crippen LogP contribution >= 0.6 is 0 Å². The normalized spacial score (nSPS) is 23.3. The van der Waals surface area contributed by atoms with Crippen molar-refractivity contribution < 1.29 is 9.72 Å². The van der Waals surface area contributed by atoms with Crippen LogP contribution in [0.5, 0.6) is 0 Å². The maximum Gasteiger partial charge on any atom is 0.269 e. The number of rotatable bonds is 2. The first-order valence-electron chi connectivity index (χ1n) is 7.81. The fourth-order valence-electron chi connectivity index (χ4n) is 3.61. The van der Waals surface area contributed by atoms with Gasteiger partial charge in [0, 0.05) is 41.5 Å². The number of ketones is 1. The van der Waals surface area contributed by atoms with Gasteiger partial charge in [0.1, 0.15) is 0 Å². The van der Waals surface area contributed by atoms with E-state index in [0.29, 0.717) is 12.8 Å². The van der Waals surface area contributed by atoms with Gasteiger partial charge < -0.3 is 0 Å². The van der Waals surface area contributed by atoms with Gasteiger partial charge in [-0.3, -0.25) is 19.9 Å². The lowest BCUT2D eigenvalue weighted by Gasteiger charge is -2.36. The zero-order chi connectivity index (χ0) is 16.8. The zero-order valence-corrected chi connectivity index (χ0v) is 13.6. The predicted octanol–water partition coefficient (Wildman–Crippen LogP) is 4.19. The summed E-state index contributed by atoms with van der Waals surface area (Å²) < 4.78 is 0. The average molecular weight is 312 g/mol. The van der Waals surface area contributed by atoms with Crippen LogP contribution in [0.3, 0.4) is 0 Å². The minimum absolute atomic E-state index is 0.0633. The minimum Gasteiger partial charge on any atom is -0.294 e. The smallest absolute Gasteiger partial charge is 0.269 e. The molecule has 0 saturated heterocycles. The van der Waals surface area contributed by atoms with Gasteiger partial charge in [0.25, 0.3) is 5.69 Å². The number of non-ortho nitro benzene ring substituents is 1. The molecule has 1 unspecified atom stereocenters. The Bertz CT molecular complexity index is 759. The summed E-state index contributed by atoms with van der Waals surface area (Å²) >= 11 is 0. The van der Waals surface area contributed by atoms with E-state index < -0.39 is 4.92 Å². The van der Waals surface area contributed by atoms with Gasteiger partial charge in [-0.2, -0.15) is 0 Å². The van der Waals surface area contributed by atoms with Crippen molar-refractivity contribution in [1.29, 1.82) is 0 Å². The lowest BCUT2D eigenvalue weighted by Crippen LogP contribution is -2.30. The molecule has 0 fully saturated rings. The highest BCUT2D eigenvalue weighted by atomic mass is 16.6. The van der Waals surface area contributed by atoms with E-state index in [2.05, 4.69) is 18.8 Å². The van der Waals surface area contributed by atoms with Crippen molar-refractivity contribution in [2.24, 2.45) is 10.4 Å². The molecule has 1 aliphatic carbocycles. The second-order valence-electron chi connectivity index (χ2n) is 7.26. The van der Waals surface area contributed by atoms with E-state index in [4.69, 9.17) is 0 Å². The molecule has 0 saturated carbocycles. The molecule has 0 spiro atoms. The van der Waals surface area contributed by atoms with Crippen LogP contribution in [0.4, 0.5) is 5.69 Å². The molecule has 23 heavy (non-hydrogen) atoms. The number of benzene rings is 1. The molecular formula is C18H20N2O3. The zero-order valence-electron chi connectivity index (χ0n) is 13.6. The van der Waals surface area contributed by atoms with Crippen LogP contribution in [-0.4, -0.2) is 16.4 Å². The van der Waals surface area contributed by atoms with E-state index in [0.717, 1.165) is 29.0 Å². The van der Waals surface area contributed by atoms with Crippen molar-refractivity contribution in [3.8, 4) is 0 Å². The molecule has 1 aromatic rings. The SMILES string of the molecule is CC1=NC2=C(C(=O)CC(C)(C)C2)C(c2cccc([N+](=O)[O-])c2)C1. The number of aliphatic imine (C=N–C) groups is 1. The van der Waals surface area contributed by atoms with E-state index in [-0.39, 0.29) is 22.8 Å². The van der Waals surface area contributed by atoms with Gasteiger partial charge >= 0.3 is 0 Å². The van der Waals surface area contributed by atoms with Crippen molar-refractivity contribution >= 4 is 17.2 Å². The molecule has 1 aliphatic heterocycles. The highest BCUT2D eigenvalue weighted by molar-refractivity contribution is 6.02. The Morgan fingerprint density at radius 1 is 1.30 bits per heavy atom. The van der Waals surface area contributed by atoms with Crippen LogP contribution in [0.2, 0.25) is 0 Å². The van der Waals surface area contributed by atoms with Gasteiger partial charge in [-0.05, 0) is 30.7 Å². The van der Waals surface area contributed by atoms with E-state index in [1.165, 1.54) is 6.07 Å². The van der Waals surface area contributed by atoms with Crippen molar-refractivity contribution in [2.75, 3.05) is 0 Å². The van der Waals surface area contributed by atoms with E-state index >= 15 is 0 Å². The fraction of sp³-hybridized carbons (Fsp3) is 0.444. The Kier molecular flexibility index (Phi) is 3.66. The summed E-state index contributed by atoms with van der Waals surface area (Å²) in [5, 5.41) is 11.0. The van der Waals surface area contributed by atoms with Gasteiger partial charge in [-0.1, -0.05) is 26.0 Å². The number of nitrogens with zero attached hydrogens (tertiary/aromatic N) is 2. The van der Waals surface area contributed by atoms with Gasteiger partial charge in [0.2, 0.25) is 0 Å². The van der Waals surface area contributed by atoms with Gasteiger partial charge in [0.05, 0.1) is 4.92 Å². The molecule has 0 radical (unpaired) electrons. The first kappa shape index (κ1) is 15.6. The topological polar surface area (TPSA) is 72.6 Å². The predicted molar refractivity (Wildman–Crippen MR) is 88.6 cm³/mol. The summed E-state index contributed by atoms with van der Waals surface area (Å²) in [5.74, 6) is 0.00926. The standard InChI is InChI=1S/C18H20N2O3/c1-11-7-14(12-5-4-6-13(8-12)20(22)23)17-15(19-11)9-18(2,3)10-16(17)21/h4-6,8,14H,7,9-10H2,1-3H3. The number of Topliss-reactive ketones (excluding diaryl/α,β-unsaturated/α-hetero) is 1. The quantitative estimate of drug-likeness (QED) is 0.607. The fourth-order valence-corrected chi connectivity index (χ4v) is 3.61. The molecule has 2 aliphatic rings. The van der Waals surface area contributed by atoms with Crippen molar-refractivity contribution in [1.82, 2.24) is 0 Å². The number of nitro groups is 1. The van der Waals surface area contributed by atoms with Crippen molar-refractivity contribution in [2.45, 2.75) is 46.0 Å². The highest BCUT2D eigenvalue weighted by Gasteiger charge is 2.38. The van der Waals surface area contributed by atoms with Gasteiger partial charge in [0.15, 0.2) is 5.78 Å². The molecule has 1 aromatic carbocycles. The third-order valence-electron chi connectivity index (χ3n) is 4.55. The monoisotopic (exact) mass is 312 g/mol. The first-order chi connectivity index (χ1) is 10.8. The highest BCUT2D eigenvalue weighted by Crippen LogP contribution is 2.45. The van der Waals surface area contributed by atoms with Crippen molar-refractivity contribution in [3.63, 3.8) is 0 Å². The van der Waals surface area contributed by atoms with E-state index in [9.17, 15) is 14.9 Å². The van der Waals surface area contributed by atoms with Crippen LogP contribution in [0, 0.1) is 15.5 Å². The second-order valence-corrected chi connectivity index (χ2v) is 7.26. The summed E-state index contributed by atoms with van der Waals surface area (Å²) in [7, 11) is 0. The Labute approximate surface area is 135 Å². The summed E-state index contributed by atoms with van der Waals surface area (Å²) in [5.41, 5.74) is 3.42. The van der Waals surface area contributed by atoms with Crippen molar-refractivity contribution in [3.05, 3.63) is 51.2 Å². The molecule has 5 heteroatoms. The number of carbonyl (C=O) groups is 1. The number of nitro benzene ring substituents is 1. The third-order valence-corrected chi connectivity index (χ3v) is 4.55. The number of allylic oxidation sites excluding steroid dienone is 2. The number of carbonyl (C=O) groups excluding carboxylic acids is 1. The van der Waals surface area contributed by atoms with Crippen LogP contribution in [0.1, 0.15) is 51.5 Å². The van der Waals surface area contributed by atoms with Crippen LogP contribution in [0.25, 0.3) is 0 Å². The molecular weight excluding hydrogens is 292 g/mol. The number of hydrogen-bond acceptors (Lipinski definition) is 4. The van der Waals surface area contributed by atoms with Gasteiger partial charge in [-0.25, -0.2) is 0 Å². The molecule has 120 valence electrons. The average Bonchev–Trinajstić information content (AvgIpc) is 2.44. The Hall–Kier alpha value is -2.30. The Balaban J connectivity index is 2.08. The van der Waals surface area contributed by atoms with E-state index in [1.54, 1.807) is 12.1 Å². The maximum atomic E-state index is 12.7. The third kappa shape index (κ3) is 2.96. The molecule has 0 N–H and O–H groups in total. The van der Waals surface area contributed by atoms with Gasteiger partial charge in [-0.15, -0.1) is 0 Å². The molecule has 0 aromatic heterocycles.